The second-order valence-corrected chi connectivity index (χ2v) is 10.9. The maximum Gasteiger partial charge on any atom is 0.244 e. The van der Waals surface area contributed by atoms with Crippen LogP contribution in [0.3, 0.4) is 0 Å². The molecule has 40 heavy (non-hydrogen) atoms. The van der Waals surface area contributed by atoms with Crippen LogP contribution in [0.25, 0.3) is 0 Å². The van der Waals surface area contributed by atoms with Crippen molar-refractivity contribution < 1.29 is 23.8 Å². The highest BCUT2D eigenvalue weighted by Crippen LogP contribution is 2.45. The van der Waals surface area contributed by atoms with Crippen LogP contribution in [0.4, 0.5) is 4.39 Å². The molecule has 8 heteroatoms. The number of carbonyl (C=O) groups is 2. The summed E-state index contributed by atoms with van der Waals surface area (Å²) < 4.78 is 20.1. The summed E-state index contributed by atoms with van der Waals surface area (Å²) in [6, 6.07) is 11.5. The fraction of sp³-hybridized carbons (Fsp3) is 0.500. The molecule has 1 aliphatic carbocycles. The molecule has 4 rings (SSSR count). The quantitative estimate of drug-likeness (QED) is 0.461. The van der Waals surface area contributed by atoms with Gasteiger partial charge in [-0.1, -0.05) is 37.3 Å². The zero-order valence-corrected chi connectivity index (χ0v) is 23.4. The van der Waals surface area contributed by atoms with E-state index in [9.17, 15) is 19.1 Å². The van der Waals surface area contributed by atoms with Gasteiger partial charge in [0, 0.05) is 32.0 Å². The van der Waals surface area contributed by atoms with Crippen molar-refractivity contribution in [2.45, 2.75) is 82.0 Å². The van der Waals surface area contributed by atoms with Crippen molar-refractivity contribution in [1.82, 2.24) is 15.5 Å². The van der Waals surface area contributed by atoms with Gasteiger partial charge >= 0.3 is 0 Å². The van der Waals surface area contributed by atoms with E-state index in [1.807, 2.05) is 0 Å². The minimum Gasteiger partial charge on any atom is -0.491 e. The third kappa shape index (κ3) is 7.21. The fourth-order valence-corrected chi connectivity index (χ4v) is 5.25. The number of aryl methyl sites for hydroxylation is 1. The van der Waals surface area contributed by atoms with E-state index in [-0.39, 0.29) is 49.6 Å². The molecule has 3 unspecified atom stereocenters. The van der Waals surface area contributed by atoms with Gasteiger partial charge in [-0.25, -0.2) is 4.39 Å². The number of ether oxygens (including phenoxy) is 1. The predicted molar refractivity (Wildman–Crippen MR) is 152 cm³/mol. The number of fused-ring (bicyclic) bond motifs is 2. The molecule has 2 bridgehead atoms. The molecule has 2 aromatic carbocycles. The van der Waals surface area contributed by atoms with Crippen molar-refractivity contribution in [2.24, 2.45) is 0 Å². The number of benzene rings is 2. The third-order valence-corrected chi connectivity index (χ3v) is 8.05. The molecule has 0 aromatic heterocycles. The lowest BCUT2D eigenvalue weighted by Gasteiger charge is -2.31. The molecule has 3 N–H and O–H groups in total. The lowest BCUT2D eigenvalue weighted by atomic mass is 9.98. The number of hydrogen-bond donors (Lipinski definition) is 3. The summed E-state index contributed by atoms with van der Waals surface area (Å²) in [6.07, 6.45) is 9.06. The van der Waals surface area contributed by atoms with E-state index < -0.39 is 29.9 Å². The molecule has 7 nitrogen and oxygen atoms in total. The topological polar surface area (TPSA) is 90.9 Å². The Balaban J connectivity index is 1.57. The predicted octanol–water partition coefficient (Wildman–Crippen LogP) is 3.47. The molecule has 0 spiro atoms. The molecule has 1 aliphatic heterocycles. The zero-order valence-electron chi connectivity index (χ0n) is 23.4. The number of terminal acetylenes is 1. The lowest BCUT2D eigenvalue weighted by Crippen LogP contribution is -2.55. The average molecular weight is 550 g/mol. The number of aliphatic hydroxyl groups is 1. The third-order valence-electron chi connectivity index (χ3n) is 8.05. The fourth-order valence-electron chi connectivity index (χ4n) is 5.25. The van der Waals surface area contributed by atoms with Crippen molar-refractivity contribution in [3.8, 4) is 18.1 Å². The number of likely N-dealkylation sites (N-methyl/N-ethyl adjacent to an activating group) is 1. The molecule has 3 atom stereocenters. The van der Waals surface area contributed by atoms with E-state index in [2.05, 4.69) is 47.7 Å². The van der Waals surface area contributed by atoms with Crippen LogP contribution in [-0.2, 0) is 28.0 Å². The first kappa shape index (κ1) is 29.6. The van der Waals surface area contributed by atoms with Crippen molar-refractivity contribution in [3.63, 3.8) is 0 Å². The van der Waals surface area contributed by atoms with Gasteiger partial charge in [-0.3, -0.25) is 9.59 Å². The summed E-state index contributed by atoms with van der Waals surface area (Å²) in [5, 5.41) is 17.9. The molecule has 1 fully saturated rings. The zero-order chi connectivity index (χ0) is 28.7. The number of rotatable bonds is 7. The van der Waals surface area contributed by atoms with Gasteiger partial charge in [-0.05, 0) is 67.3 Å². The van der Waals surface area contributed by atoms with Crippen LogP contribution in [0.15, 0.2) is 42.5 Å². The summed E-state index contributed by atoms with van der Waals surface area (Å²) in [5.74, 6) is 1.51. The summed E-state index contributed by atoms with van der Waals surface area (Å²) >= 11 is 0. The van der Waals surface area contributed by atoms with E-state index in [0.29, 0.717) is 18.4 Å². The molecule has 0 radical (unpaired) electrons. The Labute approximate surface area is 236 Å². The van der Waals surface area contributed by atoms with E-state index in [1.165, 1.54) is 22.1 Å². The van der Waals surface area contributed by atoms with Crippen molar-refractivity contribution >= 4 is 11.8 Å². The molecule has 214 valence electrons. The first-order chi connectivity index (χ1) is 19.3. The standard InChI is InChI=1S/C32H40FN3O4/c1-4-9-27-31(39)35-26(28(37)21-34-32(15-16-32)24-11-8-10-22(5-2)18-24)19-23-13-14-25(33)29(20-23)40-17-7-6-12-30(38)36(27)3/h1,8,10-11,13-14,18,20,26-28,34,37H,5-7,9,12,15-17,19,21H2,2-3H3,(H,35,39). The summed E-state index contributed by atoms with van der Waals surface area (Å²) in [6.45, 7) is 2.62. The van der Waals surface area contributed by atoms with Gasteiger partial charge in [0.05, 0.1) is 18.8 Å². The van der Waals surface area contributed by atoms with Gasteiger partial charge in [0.2, 0.25) is 11.8 Å². The van der Waals surface area contributed by atoms with Crippen molar-refractivity contribution in [3.05, 3.63) is 65.0 Å². The summed E-state index contributed by atoms with van der Waals surface area (Å²) in [5.41, 5.74) is 2.96. The van der Waals surface area contributed by atoms with Gasteiger partial charge in [-0.15, -0.1) is 12.3 Å². The molecule has 2 aromatic rings. The Morgan fingerprint density at radius 2 is 2.05 bits per heavy atom. The highest BCUT2D eigenvalue weighted by Gasteiger charge is 2.44. The summed E-state index contributed by atoms with van der Waals surface area (Å²) in [4.78, 5) is 27.7. The maximum absolute atomic E-state index is 14.5. The minimum absolute atomic E-state index is 0.0514. The number of carbonyl (C=O) groups excluding carboxylic acids is 2. The molecular formula is C32H40FN3O4. The molecule has 1 saturated carbocycles. The van der Waals surface area contributed by atoms with Crippen LogP contribution in [-0.4, -0.2) is 60.2 Å². The highest BCUT2D eigenvalue weighted by molar-refractivity contribution is 5.88. The van der Waals surface area contributed by atoms with Crippen molar-refractivity contribution in [2.75, 3.05) is 20.2 Å². The van der Waals surface area contributed by atoms with Gasteiger partial charge in [0.25, 0.3) is 0 Å². The largest absolute Gasteiger partial charge is 0.491 e. The second-order valence-electron chi connectivity index (χ2n) is 10.9. The Morgan fingerprint density at radius 1 is 1.25 bits per heavy atom. The Kier molecular flexibility index (Phi) is 9.83. The van der Waals surface area contributed by atoms with Gasteiger partial charge < -0.3 is 25.4 Å². The van der Waals surface area contributed by atoms with Crippen LogP contribution in [0, 0.1) is 18.2 Å². The molecular weight excluding hydrogens is 509 g/mol. The van der Waals surface area contributed by atoms with Gasteiger partial charge in [-0.2, -0.15) is 0 Å². The van der Waals surface area contributed by atoms with Gasteiger partial charge in [0.15, 0.2) is 11.6 Å². The molecule has 1 heterocycles. The van der Waals surface area contributed by atoms with E-state index >= 15 is 0 Å². The number of nitrogens with one attached hydrogen (secondary N) is 2. The number of nitrogens with zero attached hydrogens (tertiary/aromatic N) is 1. The molecule has 0 saturated heterocycles. The van der Waals surface area contributed by atoms with E-state index in [4.69, 9.17) is 11.2 Å². The first-order valence-electron chi connectivity index (χ1n) is 14.2. The SMILES string of the molecule is C#CCC1C(=O)NC(C(O)CNC2(c3cccc(CC)c3)CC2)Cc2ccc(F)c(c2)OCCCCC(=O)N1C. The van der Waals surface area contributed by atoms with E-state index in [0.717, 1.165) is 19.3 Å². The smallest absolute Gasteiger partial charge is 0.244 e. The first-order valence-corrected chi connectivity index (χ1v) is 14.2. The number of halogens is 1. The number of aliphatic hydroxyl groups excluding tert-OH is 1. The van der Waals surface area contributed by atoms with Crippen LogP contribution in [0.5, 0.6) is 5.75 Å². The number of amides is 2. The normalized spacial score (nSPS) is 22.2. The van der Waals surface area contributed by atoms with Crippen LogP contribution in [0.1, 0.15) is 62.1 Å². The number of hydrogen-bond acceptors (Lipinski definition) is 5. The van der Waals surface area contributed by atoms with Crippen molar-refractivity contribution in [1.29, 1.82) is 0 Å². The van der Waals surface area contributed by atoms with Crippen LogP contribution in [0.2, 0.25) is 0 Å². The lowest BCUT2D eigenvalue weighted by molar-refractivity contribution is -0.139. The average Bonchev–Trinajstić information content (AvgIpc) is 3.75. The molecule has 2 amide bonds. The minimum atomic E-state index is -0.964. The Morgan fingerprint density at radius 3 is 2.77 bits per heavy atom. The Hall–Kier alpha value is -3.41. The summed E-state index contributed by atoms with van der Waals surface area (Å²) in [7, 11) is 1.57. The Bertz CT molecular complexity index is 1240. The second kappa shape index (κ2) is 13.3. The highest BCUT2D eigenvalue weighted by atomic mass is 19.1. The molecule has 2 aliphatic rings. The monoisotopic (exact) mass is 549 g/mol. The van der Waals surface area contributed by atoms with Gasteiger partial charge in [0.1, 0.15) is 6.04 Å². The van der Waals surface area contributed by atoms with Crippen LogP contribution >= 0.6 is 0 Å². The maximum atomic E-state index is 14.5. The van der Waals surface area contributed by atoms with E-state index in [1.54, 1.807) is 19.2 Å². The van der Waals surface area contributed by atoms with Crippen LogP contribution < -0.4 is 15.4 Å².